The predicted molar refractivity (Wildman–Crippen MR) is 105 cm³/mol. The summed E-state index contributed by atoms with van der Waals surface area (Å²) < 4.78 is 58.6. The van der Waals surface area contributed by atoms with Gasteiger partial charge in [-0.1, -0.05) is 0 Å². The maximum Gasteiger partial charge on any atom is 1.00 e. The number of alkyl halides is 3. The topological polar surface area (TPSA) is 174 Å². The number of anilines is 1. The molecule has 11 nitrogen and oxygen atoms in total. The number of hydrogen-bond acceptors (Lipinski definition) is 9. The summed E-state index contributed by atoms with van der Waals surface area (Å²) >= 11 is 4.58. The molecule has 0 radical (unpaired) electrons. The van der Waals surface area contributed by atoms with Crippen LogP contribution in [0.3, 0.4) is 0 Å². The van der Waals surface area contributed by atoms with Crippen molar-refractivity contribution in [1.82, 2.24) is 10.4 Å². The third-order valence-electron chi connectivity index (χ3n) is 3.39. The van der Waals surface area contributed by atoms with Gasteiger partial charge in [-0.25, -0.2) is 4.79 Å². The van der Waals surface area contributed by atoms with E-state index in [9.17, 15) is 32.3 Å². The zero-order valence-corrected chi connectivity index (χ0v) is 23.4. The van der Waals surface area contributed by atoms with Crippen molar-refractivity contribution in [1.29, 1.82) is 0 Å². The second-order valence-corrected chi connectivity index (χ2v) is 7.25. The summed E-state index contributed by atoms with van der Waals surface area (Å²) in [5.74, 6) is -0.711. The fraction of sp³-hybridized carbons (Fsp3) is 0.125. The Balaban J connectivity index is 0.00000544. The molecule has 34 heavy (non-hydrogen) atoms. The Kier molecular flexibility index (Phi) is 13.8. The molecule has 18 heteroatoms. The first kappa shape index (κ1) is 32.7. The maximum atomic E-state index is 12.9. The van der Waals surface area contributed by atoms with Crippen molar-refractivity contribution in [2.24, 2.45) is 10.8 Å². The number of aromatic nitrogens is 1. The van der Waals surface area contributed by atoms with Gasteiger partial charge in [-0.05, 0) is 42.5 Å². The predicted octanol–water partition coefficient (Wildman–Crippen LogP) is -4.77. The van der Waals surface area contributed by atoms with E-state index in [4.69, 9.17) is 10.5 Å². The van der Waals surface area contributed by atoms with Crippen molar-refractivity contribution in [2.75, 3.05) is 5.32 Å². The number of nitrogens with zero attached hydrogens (tertiary/aromatic N) is 2. The fourth-order valence-electron chi connectivity index (χ4n) is 2.15. The van der Waals surface area contributed by atoms with Crippen LogP contribution >= 0.6 is 20.0 Å². The molecule has 1 aromatic carbocycles. The van der Waals surface area contributed by atoms with Gasteiger partial charge in [0.25, 0.3) is 0 Å². The summed E-state index contributed by atoms with van der Waals surface area (Å²) in [6.07, 6.45) is -3.36. The minimum Gasteiger partial charge on any atom is -0.780 e. The molecule has 0 saturated carbocycles. The van der Waals surface area contributed by atoms with Crippen molar-refractivity contribution in [3.8, 4) is 5.75 Å². The van der Waals surface area contributed by atoms with Crippen molar-refractivity contribution < 1.29 is 101 Å². The number of hydrazone groups is 1. The molecule has 0 aliphatic heterocycles. The Bertz CT molecular complexity index is 1090. The smallest absolute Gasteiger partial charge is 0.780 e. The fourth-order valence-corrected chi connectivity index (χ4v) is 2.62. The number of carbonyl (C=O) groups excluding carboxylic acids is 1. The summed E-state index contributed by atoms with van der Waals surface area (Å²) in [5.41, 5.74) is 6.07. The average Bonchev–Trinajstić information content (AvgIpc) is 2.66. The van der Waals surface area contributed by atoms with Crippen LogP contribution in [0, 0.1) is 0 Å². The number of ether oxygens (including phenoxy) is 1. The Morgan fingerprint density at radius 3 is 2.56 bits per heavy atom. The molecule has 0 aliphatic rings. The normalized spacial score (nSPS) is 11.1. The number of hydrogen-bond donors (Lipinski definition) is 3. The zero-order chi connectivity index (χ0) is 23.9. The standard InChI is InChI=1S/C16H15F3N5O6PS.2Na/c17-16(18,19)10-3-4-13(30-31(26,27)28)9(6-10)8-29-15(25)23-11-2-1-5-21-12(11)7-22-24-14(20)32;;/h1-7H,8H2,(H,23,25)(H3,20,24,32)(H2,26,27,28);;/q;2*+1/p-2. The average molecular weight is 537 g/mol. The van der Waals surface area contributed by atoms with Crippen LogP contribution < -0.4 is 89.9 Å². The number of nitrogens with one attached hydrogen (secondary N) is 2. The molecule has 2 rings (SSSR count). The van der Waals surface area contributed by atoms with Gasteiger partial charge < -0.3 is 29.3 Å². The quantitative estimate of drug-likeness (QED) is 0.102. The number of nitrogens with two attached hydrogens (primary N) is 1. The van der Waals surface area contributed by atoms with Crippen molar-refractivity contribution in [3.05, 3.63) is 53.3 Å². The Morgan fingerprint density at radius 2 is 1.97 bits per heavy atom. The summed E-state index contributed by atoms with van der Waals surface area (Å²) in [4.78, 5) is 37.7. The molecule has 0 saturated heterocycles. The van der Waals surface area contributed by atoms with Crippen molar-refractivity contribution in [2.45, 2.75) is 12.8 Å². The van der Waals surface area contributed by atoms with E-state index in [1.165, 1.54) is 24.5 Å². The van der Waals surface area contributed by atoms with E-state index in [1.807, 2.05) is 0 Å². The van der Waals surface area contributed by atoms with Gasteiger partial charge in [0.2, 0.25) is 0 Å². The number of rotatable bonds is 7. The van der Waals surface area contributed by atoms with Crippen molar-refractivity contribution >= 4 is 43.1 Å². The van der Waals surface area contributed by atoms with E-state index in [1.54, 1.807) is 0 Å². The first-order chi connectivity index (χ1) is 14.8. The Morgan fingerprint density at radius 1 is 1.29 bits per heavy atom. The minimum absolute atomic E-state index is 0. The third kappa shape index (κ3) is 11.4. The van der Waals surface area contributed by atoms with Crippen LogP contribution in [0.25, 0.3) is 0 Å². The molecule has 0 atom stereocenters. The number of thiocarbonyl (C=S) groups is 1. The number of halogens is 3. The number of phosphoric acid groups is 1. The molecule has 1 amide bonds. The largest absolute Gasteiger partial charge is 1.00 e. The Labute approximate surface area is 240 Å². The van der Waals surface area contributed by atoms with Gasteiger partial charge in [0.1, 0.15) is 25.9 Å². The molecule has 0 unspecified atom stereocenters. The van der Waals surface area contributed by atoms with Gasteiger partial charge in [0.15, 0.2) is 5.11 Å². The van der Waals surface area contributed by atoms with Crippen LogP contribution in [0.15, 0.2) is 41.6 Å². The summed E-state index contributed by atoms with van der Waals surface area (Å²) in [6.45, 7) is -0.849. The summed E-state index contributed by atoms with van der Waals surface area (Å²) in [6, 6.07) is 4.51. The van der Waals surface area contributed by atoms with Gasteiger partial charge >= 0.3 is 71.4 Å². The van der Waals surface area contributed by atoms with Gasteiger partial charge in [0, 0.05) is 11.8 Å². The second-order valence-electron chi connectivity index (χ2n) is 5.73. The monoisotopic (exact) mass is 537 g/mol. The molecular formula is C16H13F3N5Na2O6PS. The van der Waals surface area contributed by atoms with E-state index in [0.717, 1.165) is 0 Å². The number of amides is 1. The van der Waals surface area contributed by atoms with Gasteiger partial charge in [-0.3, -0.25) is 15.7 Å². The molecule has 0 bridgehead atoms. The van der Waals surface area contributed by atoms with E-state index in [2.05, 4.69) is 37.6 Å². The SMILES string of the molecule is NC(=S)NN=Cc1ncccc1NC(=O)OCc1cc(C(F)(F)F)ccc1OP(=O)([O-])[O-].[Na+].[Na+]. The molecule has 0 aliphatic carbocycles. The van der Waals surface area contributed by atoms with Crippen LogP contribution in [0.1, 0.15) is 16.8 Å². The minimum atomic E-state index is -5.58. The van der Waals surface area contributed by atoms with Crippen LogP contribution in [0.5, 0.6) is 5.75 Å². The van der Waals surface area contributed by atoms with Gasteiger partial charge in [0.05, 0.1) is 17.5 Å². The summed E-state index contributed by atoms with van der Waals surface area (Å²) in [7, 11) is -5.58. The zero-order valence-electron chi connectivity index (χ0n) is 17.7. The molecular weight excluding hydrogens is 524 g/mol. The first-order valence-corrected chi connectivity index (χ1v) is 10.1. The molecule has 1 aromatic heterocycles. The molecule has 172 valence electrons. The van der Waals surface area contributed by atoms with Crippen LogP contribution in [-0.2, 0) is 22.1 Å². The van der Waals surface area contributed by atoms with E-state index >= 15 is 0 Å². The molecule has 2 aromatic rings. The number of benzene rings is 1. The first-order valence-electron chi connectivity index (χ1n) is 8.24. The van der Waals surface area contributed by atoms with Crippen LogP contribution in [-0.4, -0.2) is 22.4 Å². The van der Waals surface area contributed by atoms with E-state index < -0.39 is 43.6 Å². The molecule has 1 heterocycles. The number of phosphoric ester groups is 1. The molecule has 0 spiro atoms. The van der Waals surface area contributed by atoms with Crippen LogP contribution in [0.2, 0.25) is 0 Å². The van der Waals surface area contributed by atoms with Gasteiger partial charge in [-0.15, -0.1) is 0 Å². The number of carbonyl (C=O) groups is 1. The Hall–Kier alpha value is -1.26. The van der Waals surface area contributed by atoms with Crippen molar-refractivity contribution in [3.63, 3.8) is 0 Å². The van der Waals surface area contributed by atoms with Gasteiger partial charge in [-0.2, -0.15) is 18.3 Å². The number of pyridine rings is 1. The van der Waals surface area contributed by atoms with E-state index in [0.29, 0.717) is 18.2 Å². The molecule has 0 fully saturated rings. The second kappa shape index (κ2) is 14.3. The van der Waals surface area contributed by atoms with E-state index in [-0.39, 0.29) is 75.6 Å². The summed E-state index contributed by atoms with van der Waals surface area (Å²) in [5, 5.41) is 5.84. The third-order valence-corrected chi connectivity index (χ3v) is 3.91. The maximum absolute atomic E-state index is 12.9. The molecule has 4 N–H and O–H groups in total. The van der Waals surface area contributed by atoms with Crippen LogP contribution in [0.4, 0.5) is 23.7 Å².